The minimum atomic E-state index is -4.05. The molecule has 0 atom stereocenters. The average molecular weight is 1340 g/mol. The number of nitro benzene ring substituents is 2. The molecule has 8 rings (SSSR count). The molecule has 2 aromatic heterocycles. The fourth-order valence-electron chi connectivity index (χ4n) is 9.44. The molecule has 0 radical (unpaired) electrons. The number of nitrogen functional groups attached to an aromatic ring is 1. The highest BCUT2D eigenvalue weighted by atomic mass is 35.5. The van der Waals surface area contributed by atoms with Crippen LogP contribution in [0, 0.1) is 20.2 Å². The molecule has 2 fully saturated rings. The van der Waals surface area contributed by atoms with E-state index in [0.29, 0.717) is 21.7 Å². The summed E-state index contributed by atoms with van der Waals surface area (Å²) in [7, 11) is -7.76. The number of anilines is 2. The number of thiazole rings is 2. The molecule has 3 amide bonds. The van der Waals surface area contributed by atoms with Gasteiger partial charge in [-0.05, 0) is 162 Å². The maximum absolute atomic E-state index is 13.6. The zero-order valence-electron chi connectivity index (χ0n) is 50.8. The fourth-order valence-corrected chi connectivity index (χ4v) is 15.1. The Hall–Kier alpha value is -7.87. The predicted molar refractivity (Wildman–Crippen MR) is 342 cm³/mol. The van der Waals surface area contributed by atoms with Crippen LogP contribution in [0.5, 0.6) is 11.5 Å². The number of nitrogens with one attached hydrogen (secondary N) is 5. The highest BCUT2D eigenvalue weighted by molar-refractivity contribution is 7.90. The Kier molecular flexibility index (Phi) is 25.1. The molecule has 31 heteroatoms. The molecule has 6 aromatic rings. The van der Waals surface area contributed by atoms with Crippen molar-refractivity contribution in [2.45, 2.75) is 171 Å². The number of nitro groups is 2. The number of benzene rings is 4. The topological polar surface area (TPSA) is 372 Å². The molecular formula is C59H73ClN10O16S4. The van der Waals surface area contributed by atoms with Crippen molar-refractivity contribution in [1.29, 1.82) is 0 Å². The number of sulfonamides is 2. The van der Waals surface area contributed by atoms with E-state index in [4.69, 9.17) is 31.5 Å². The van der Waals surface area contributed by atoms with Crippen LogP contribution in [0.4, 0.5) is 41.9 Å². The average Bonchev–Trinajstić information content (AvgIpc) is 1.36. The lowest BCUT2D eigenvalue weighted by Crippen LogP contribution is -2.40. The van der Waals surface area contributed by atoms with Crippen molar-refractivity contribution >= 4 is 101 Å². The summed E-state index contributed by atoms with van der Waals surface area (Å²) < 4.78 is 78.2. The summed E-state index contributed by atoms with van der Waals surface area (Å²) >= 11 is 7.85. The number of amides is 3. The van der Waals surface area contributed by atoms with Gasteiger partial charge < -0.3 is 35.3 Å². The number of hydrogen-bond donors (Lipinski definition) is 6. The molecule has 486 valence electrons. The molecular weight excluding hydrogens is 1270 g/mol. The SMILES string of the molecule is CC(C)NS(=O)(=O)c1cc(N)ccc1-c1cnc(C2CCC(NC(=O)OC(C)C)CC2)s1.CC(C)OC(=O)NC1CCC(c2ncc(-c3ccc(NC(=O)Oc4ccc([N+](=O)[O-])cc4)cc3S(=O)(=O)NC(C)(C)C)s2)CC1.O=C(Cl)Oc1ccc([N+](=O)[O-])cc1. The Morgan fingerprint density at radius 1 is 0.611 bits per heavy atom. The van der Waals surface area contributed by atoms with E-state index in [2.05, 4.69) is 40.1 Å². The normalized spacial score (nSPS) is 16.7. The first-order valence-corrected chi connectivity index (χ1v) is 33.5. The van der Waals surface area contributed by atoms with Gasteiger partial charge in [0.15, 0.2) is 0 Å². The van der Waals surface area contributed by atoms with E-state index in [9.17, 15) is 56.2 Å². The van der Waals surface area contributed by atoms with Gasteiger partial charge in [0, 0.05) is 106 Å². The van der Waals surface area contributed by atoms with E-state index in [1.807, 2.05) is 13.8 Å². The third kappa shape index (κ3) is 22.0. The van der Waals surface area contributed by atoms with Crippen molar-refractivity contribution < 1.29 is 64.8 Å². The quantitative estimate of drug-likeness (QED) is 0.0201. The largest absolute Gasteiger partial charge is 0.447 e. The number of nitrogens with two attached hydrogens (primary N) is 1. The Labute approximate surface area is 534 Å². The number of carbonyl (C=O) groups excluding carboxylic acids is 4. The summed E-state index contributed by atoms with van der Waals surface area (Å²) in [4.78, 5) is 77.4. The minimum absolute atomic E-state index is 0.0271. The summed E-state index contributed by atoms with van der Waals surface area (Å²) in [6.45, 7) is 16.0. The smallest absolute Gasteiger partial charge is 0.417 e. The number of carbonyl (C=O) groups is 4. The molecule has 0 aliphatic heterocycles. The molecule has 2 aliphatic rings. The zero-order chi connectivity index (χ0) is 66.3. The second-order valence-corrected chi connectivity index (χ2v) is 28.6. The minimum Gasteiger partial charge on any atom is -0.447 e. The highest BCUT2D eigenvalue weighted by Gasteiger charge is 2.31. The van der Waals surface area contributed by atoms with Crippen LogP contribution in [0.2, 0.25) is 0 Å². The van der Waals surface area contributed by atoms with Crippen LogP contribution < -0.4 is 40.6 Å². The third-order valence-corrected chi connectivity index (χ3v) is 19.2. The van der Waals surface area contributed by atoms with Gasteiger partial charge in [-0.1, -0.05) is 12.1 Å². The van der Waals surface area contributed by atoms with E-state index in [1.165, 1.54) is 83.3 Å². The summed E-state index contributed by atoms with van der Waals surface area (Å²) in [5, 5.41) is 31.3. The van der Waals surface area contributed by atoms with E-state index in [-0.39, 0.29) is 86.6 Å². The lowest BCUT2D eigenvalue weighted by atomic mass is 9.86. The van der Waals surface area contributed by atoms with Crippen molar-refractivity contribution in [3.05, 3.63) is 128 Å². The Balaban J connectivity index is 0.000000247. The molecule has 26 nitrogen and oxygen atoms in total. The first-order chi connectivity index (χ1) is 42.2. The van der Waals surface area contributed by atoms with Crippen molar-refractivity contribution in [1.82, 2.24) is 30.0 Å². The Morgan fingerprint density at radius 2 is 1.03 bits per heavy atom. The van der Waals surface area contributed by atoms with Crippen LogP contribution in [-0.2, 0) is 29.5 Å². The summed E-state index contributed by atoms with van der Waals surface area (Å²) in [6.07, 6.45) is 8.08. The lowest BCUT2D eigenvalue weighted by molar-refractivity contribution is -0.385. The maximum Gasteiger partial charge on any atom is 0.417 e. The number of hydrogen-bond acceptors (Lipinski definition) is 21. The van der Waals surface area contributed by atoms with E-state index >= 15 is 0 Å². The number of aromatic nitrogens is 2. The van der Waals surface area contributed by atoms with Gasteiger partial charge in [0.2, 0.25) is 20.0 Å². The van der Waals surface area contributed by atoms with Crippen LogP contribution >= 0.6 is 34.3 Å². The van der Waals surface area contributed by atoms with Gasteiger partial charge in [0.05, 0.1) is 51.6 Å². The van der Waals surface area contributed by atoms with Gasteiger partial charge in [-0.15, -0.1) is 22.7 Å². The van der Waals surface area contributed by atoms with E-state index in [0.717, 1.165) is 66.3 Å². The Morgan fingerprint density at radius 3 is 1.43 bits per heavy atom. The number of halogens is 1. The summed E-state index contributed by atoms with van der Waals surface area (Å²) in [5.41, 5.74) is 5.50. The number of rotatable bonds is 18. The van der Waals surface area contributed by atoms with Gasteiger partial charge in [0.25, 0.3) is 11.4 Å². The Bertz CT molecular complexity index is 3710. The zero-order valence-corrected chi connectivity index (χ0v) is 54.9. The number of nitrogens with zero attached hydrogens (tertiary/aromatic N) is 4. The molecule has 90 heavy (non-hydrogen) atoms. The maximum atomic E-state index is 13.6. The van der Waals surface area contributed by atoms with Crippen molar-refractivity contribution in [2.75, 3.05) is 11.1 Å². The van der Waals surface area contributed by atoms with Crippen molar-refractivity contribution in [3.63, 3.8) is 0 Å². The van der Waals surface area contributed by atoms with E-state index in [1.54, 1.807) is 85.1 Å². The first kappa shape index (κ1) is 71.2. The van der Waals surface area contributed by atoms with Crippen LogP contribution in [0.25, 0.3) is 20.9 Å². The van der Waals surface area contributed by atoms with Gasteiger partial charge in [-0.25, -0.2) is 55.4 Å². The molecule has 2 aliphatic carbocycles. The molecule has 2 heterocycles. The monoisotopic (exact) mass is 1340 g/mol. The van der Waals surface area contributed by atoms with Crippen molar-refractivity contribution in [2.24, 2.45) is 0 Å². The summed E-state index contributed by atoms with van der Waals surface area (Å²) in [6, 6.07) is 19.4. The molecule has 7 N–H and O–H groups in total. The molecule has 0 saturated heterocycles. The molecule has 0 spiro atoms. The second-order valence-electron chi connectivity index (χ2n) is 22.9. The van der Waals surface area contributed by atoms with Crippen LogP contribution in [0.1, 0.15) is 136 Å². The predicted octanol–water partition coefficient (Wildman–Crippen LogP) is 13.1. The van der Waals surface area contributed by atoms with Crippen LogP contribution in [0.3, 0.4) is 0 Å². The standard InChI is InChI=1S/C30H37N5O8S2.C22H32N4O4S2.C7H4ClNO4/c1-18(2)42-28(36)32-20-8-6-19(7-9-20)27-31-17-25(44-27)24-15-10-21(16-26(24)45(40,41)34-30(3,4)5)33-29(37)43-23-13-11-22(12-14-23)35(38)39;1-13(2)26-32(28,29)20-11-16(23)7-10-18(20)19-12-24-21(31-19)15-5-8-17(9-6-15)25-22(27)30-14(3)4;8-7(10)13-6-3-1-5(2-4-6)9(11)12/h10-20,34H,6-9H2,1-5H3,(H,32,36)(H,33,37);7,10-15,17,26H,5-6,8-9,23H2,1-4H3,(H,25,27);1-4H. The van der Waals surface area contributed by atoms with Gasteiger partial charge >= 0.3 is 23.7 Å². The highest BCUT2D eigenvalue weighted by Crippen LogP contribution is 2.42. The number of ether oxygens (including phenoxy) is 4. The molecule has 2 saturated carbocycles. The molecule has 0 bridgehead atoms. The second kappa shape index (κ2) is 31.7. The van der Waals surface area contributed by atoms with Crippen LogP contribution in [0.15, 0.2) is 107 Å². The van der Waals surface area contributed by atoms with Gasteiger partial charge in [-0.2, -0.15) is 0 Å². The lowest BCUT2D eigenvalue weighted by Gasteiger charge is -2.28. The molecule has 0 unspecified atom stereocenters. The number of alkyl carbamates (subject to hydrolysis) is 2. The molecule has 4 aromatic carbocycles. The van der Waals surface area contributed by atoms with Crippen molar-refractivity contribution in [3.8, 4) is 32.4 Å². The van der Waals surface area contributed by atoms with Gasteiger partial charge in [-0.3, -0.25) is 25.5 Å². The first-order valence-electron chi connectivity index (χ1n) is 28.6. The van der Waals surface area contributed by atoms with E-state index < -0.39 is 53.0 Å². The van der Waals surface area contributed by atoms with Crippen LogP contribution in [-0.4, -0.2) is 96.2 Å². The summed E-state index contributed by atoms with van der Waals surface area (Å²) in [5.74, 6) is 0.710. The third-order valence-electron chi connectivity index (χ3n) is 13.2. The van der Waals surface area contributed by atoms with Gasteiger partial charge in [0.1, 0.15) is 11.5 Å². The fraction of sp³-hybridized carbons (Fsp3) is 0.424. The number of non-ortho nitro benzene ring substituents is 2.